The van der Waals surface area contributed by atoms with Crippen molar-refractivity contribution >= 4 is 45.4 Å². The molecule has 6 heteroatoms. The van der Waals surface area contributed by atoms with Crippen molar-refractivity contribution in [3.05, 3.63) is 41.0 Å². The van der Waals surface area contributed by atoms with Gasteiger partial charge < -0.3 is 15.5 Å². The first-order chi connectivity index (χ1) is 11.0. The Balaban J connectivity index is 2.25. The number of thiocarbonyl (C=S) groups is 1. The van der Waals surface area contributed by atoms with Crippen LogP contribution < -0.4 is 15.9 Å². The number of hydrogen-bond acceptors (Lipinski definition) is 3. The number of hydrazone groups is 1. The molecule has 1 heterocycles. The highest BCUT2D eigenvalue weighted by Crippen LogP contribution is 2.33. The van der Waals surface area contributed by atoms with E-state index in [0.29, 0.717) is 0 Å². The van der Waals surface area contributed by atoms with Crippen molar-refractivity contribution < 1.29 is 4.74 Å². The second-order valence-electron chi connectivity index (χ2n) is 5.43. The lowest BCUT2D eigenvalue weighted by Crippen LogP contribution is -2.24. The summed E-state index contributed by atoms with van der Waals surface area (Å²) in [5.41, 5.74) is 13.5. The van der Waals surface area contributed by atoms with Crippen molar-refractivity contribution in [3.63, 3.8) is 0 Å². The van der Waals surface area contributed by atoms with E-state index in [4.69, 9.17) is 22.7 Å². The minimum atomic E-state index is 0.147. The van der Waals surface area contributed by atoms with Crippen LogP contribution in [0.2, 0.25) is 0 Å². The average molecular weight is 326 g/mol. The fourth-order valence-corrected chi connectivity index (χ4v) is 2.89. The molecule has 0 radical (unpaired) electrons. The number of H-pyrrole nitrogens is 1. The van der Waals surface area contributed by atoms with Crippen molar-refractivity contribution in [2.45, 2.75) is 13.8 Å². The zero-order chi connectivity index (χ0) is 16.6. The average Bonchev–Trinajstić information content (AvgIpc) is 2.91. The Bertz CT molecular complexity index is 943. The van der Waals surface area contributed by atoms with Gasteiger partial charge in [-0.05, 0) is 67.0 Å². The summed E-state index contributed by atoms with van der Waals surface area (Å²) in [6.45, 7) is 4.16. The molecule has 0 aliphatic carbocycles. The van der Waals surface area contributed by atoms with Crippen LogP contribution in [0.5, 0.6) is 5.75 Å². The lowest BCUT2D eigenvalue weighted by molar-refractivity contribution is 0.415. The third kappa shape index (κ3) is 2.73. The molecule has 118 valence electrons. The molecule has 2 aromatic carbocycles. The molecular formula is C17H18N4OS. The molecule has 0 spiro atoms. The van der Waals surface area contributed by atoms with Gasteiger partial charge in [0.1, 0.15) is 5.75 Å². The molecule has 1 aromatic heterocycles. The molecule has 0 atom stereocenters. The summed E-state index contributed by atoms with van der Waals surface area (Å²) in [5.74, 6) is 0.838. The van der Waals surface area contributed by atoms with E-state index < -0.39 is 0 Å². The molecule has 3 aromatic rings. The molecule has 0 aliphatic rings. The summed E-state index contributed by atoms with van der Waals surface area (Å²) in [4.78, 5) is 3.48. The van der Waals surface area contributed by atoms with E-state index in [1.165, 1.54) is 5.39 Å². The van der Waals surface area contributed by atoms with E-state index in [-0.39, 0.29) is 5.11 Å². The Morgan fingerprint density at radius 2 is 2.13 bits per heavy atom. The van der Waals surface area contributed by atoms with Crippen LogP contribution in [0, 0.1) is 13.8 Å². The molecular weight excluding hydrogens is 308 g/mol. The summed E-state index contributed by atoms with van der Waals surface area (Å²) >= 11 is 4.76. The van der Waals surface area contributed by atoms with Gasteiger partial charge in [-0.1, -0.05) is 0 Å². The van der Waals surface area contributed by atoms with Crippen LogP contribution in [0.1, 0.15) is 16.7 Å². The standard InChI is InChI=1S/C17H18N4OS/c1-9-6-11(8-19-21-17(18)23)10(2)15-13-7-12(22-3)4-5-14(13)20-16(9)15/h4-8,20H,1-3H3,(H3,18,21,23). The first-order valence-corrected chi connectivity index (χ1v) is 7.60. The Kier molecular flexibility index (Phi) is 3.92. The van der Waals surface area contributed by atoms with E-state index in [1.807, 2.05) is 12.1 Å². The topological polar surface area (TPSA) is 75.4 Å². The van der Waals surface area contributed by atoms with Crippen molar-refractivity contribution in [1.82, 2.24) is 10.4 Å². The minimum Gasteiger partial charge on any atom is -0.497 e. The van der Waals surface area contributed by atoms with E-state index in [0.717, 1.165) is 38.9 Å². The van der Waals surface area contributed by atoms with Gasteiger partial charge in [0.15, 0.2) is 5.11 Å². The summed E-state index contributed by atoms with van der Waals surface area (Å²) < 4.78 is 5.35. The predicted molar refractivity (Wildman–Crippen MR) is 99.3 cm³/mol. The summed E-state index contributed by atoms with van der Waals surface area (Å²) in [5, 5.41) is 6.53. The highest BCUT2D eigenvalue weighted by molar-refractivity contribution is 7.80. The van der Waals surface area contributed by atoms with Gasteiger partial charge in [0.2, 0.25) is 0 Å². The van der Waals surface area contributed by atoms with Gasteiger partial charge in [0.05, 0.1) is 13.3 Å². The van der Waals surface area contributed by atoms with E-state index in [2.05, 4.69) is 41.5 Å². The van der Waals surface area contributed by atoms with Crippen molar-refractivity contribution in [3.8, 4) is 5.75 Å². The summed E-state index contributed by atoms with van der Waals surface area (Å²) in [6.07, 6.45) is 1.74. The summed E-state index contributed by atoms with van der Waals surface area (Å²) in [6, 6.07) is 8.13. The SMILES string of the molecule is COc1ccc2[nH]c3c(C)cc(C=NNC(N)=S)c(C)c3c2c1. The molecule has 0 unspecified atom stereocenters. The van der Waals surface area contributed by atoms with Gasteiger partial charge in [-0.25, -0.2) is 0 Å². The van der Waals surface area contributed by atoms with Gasteiger partial charge in [-0.15, -0.1) is 0 Å². The number of ether oxygens (including phenoxy) is 1. The Morgan fingerprint density at radius 3 is 2.83 bits per heavy atom. The fourth-order valence-electron chi connectivity index (χ4n) is 2.84. The molecule has 0 saturated heterocycles. The minimum absolute atomic E-state index is 0.147. The Hall–Kier alpha value is -2.60. The number of fused-ring (bicyclic) bond motifs is 3. The number of nitrogens with two attached hydrogens (primary N) is 1. The molecule has 4 N–H and O–H groups in total. The zero-order valence-electron chi connectivity index (χ0n) is 13.2. The van der Waals surface area contributed by atoms with Gasteiger partial charge in [0, 0.05) is 21.8 Å². The smallest absolute Gasteiger partial charge is 0.184 e. The number of aromatic nitrogens is 1. The van der Waals surface area contributed by atoms with Crippen molar-refractivity contribution in [2.24, 2.45) is 10.8 Å². The highest BCUT2D eigenvalue weighted by atomic mass is 32.1. The van der Waals surface area contributed by atoms with E-state index in [1.54, 1.807) is 13.3 Å². The van der Waals surface area contributed by atoms with Gasteiger partial charge in [-0.3, -0.25) is 5.43 Å². The quantitative estimate of drug-likeness (QED) is 0.393. The zero-order valence-corrected chi connectivity index (χ0v) is 14.0. The van der Waals surface area contributed by atoms with Crippen molar-refractivity contribution in [2.75, 3.05) is 7.11 Å². The first kappa shape index (κ1) is 15.3. The van der Waals surface area contributed by atoms with Crippen LogP contribution in [0.25, 0.3) is 21.8 Å². The number of aromatic amines is 1. The Labute approximate surface area is 139 Å². The summed E-state index contributed by atoms with van der Waals surface area (Å²) in [7, 11) is 1.67. The number of rotatable bonds is 3. The molecule has 5 nitrogen and oxygen atoms in total. The van der Waals surface area contributed by atoms with Crippen LogP contribution >= 0.6 is 12.2 Å². The van der Waals surface area contributed by atoms with Crippen LogP contribution in [0.15, 0.2) is 29.4 Å². The fraction of sp³-hybridized carbons (Fsp3) is 0.176. The third-order valence-corrected chi connectivity index (χ3v) is 4.05. The van der Waals surface area contributed by atoms with Gasteiger partial charge >= 0.3 is 0 Å². The predicted octanol–water partition coefficient (Wildman–Crippen LogP) is 3.11. The third-order valence-electron chi connectivity index (χ3n) is 3.96. The normalized spacial score (nSPS) is 11.4. The molecule has 0 aliphatic heterocycles. The molecule has 0 amide bonds. The maximum Gasteiger partial charge on any atom is 0.184 e. The maximum absolute atomic E-state index is 5.39. The number of methoxy groups -OCH3 is 1. The molecule has 0 bridgehead atoms. The second kappa shape index (κ2) is 5.89. The molecule has 23 heavy (non-hydrogen) atoms. The van der Waals surface area contributed by atoms with Crippen LogP contribution in [0.3, 0.4) is 0 Å². The molecule has 0 saturated carbocycles. The molecule has 3 rings (SSSR count). The van der Waals surface area contributed by atoms with Gasteiger partial charge in [0.25, 0.3) is 0 Å². The monoisotopic (exact) mass is 326 g/mol. The van der Waals surface area contributed by atoms with Crippen LogP contribution in [-0.4, -0.2) is 23.4 Å². The van der Waals surface area contributed by atoms with E-state index in [9.17, 15) is 0 Å². The molecule has 0 fully saturated rings. The largest absolute Gasteiger partial charge is 0.497 e. The maximum atomic E-state index is 5.39. The highest BCUT2D eigenvalue weighted by Gasteiger charge is 2.12. The second-order valence-corrected chi connectivity index (χ2v) is 5.87. The van der Waals surface area contributed by atoms with Crippen LogP contribution in [-0.2, 0) is 0 Å². The number of aryl methyl sites for hydroxylation is 2. The van der Waals surface area contributed by atoms with Gasteiger partial charge in [-0.2, -0.15) is 5.10 Å². The van der Waals surface area contributed by atoms with Crippen molar-refractivity contribution in [1.29, 1.82) is 0 Å². The number of nitrogens with one attached hydrogen (secondary N) is 2. The van der Waals surface area contributed by atoms with Crippen LogP contribution in [0.4, 0.5) is 0 Å². The lowest BCUT2D eigenvalue weighted by Gasteiger charge is -2.06. The lowest BCUT2D eigenvalue weighted by atomic mass is 9.99. The first-order valence-electron chi connectivity index (χ1n) is 7.19. The number of benzene rings is 2. The Morgan fingerprint density at radius 1 is 1.35 bits per heavy atom. The number of nitrogens with zero attached hydrogens (tertiary/aromatic N) is 1. The number of hydrogen-bond donors (Lipinski definition) is 3. The van der Waals surface area contributed by atoms with E-state index >= 15 is 0 Å².